The molecule has 0 spiro atoms. The Morgan fingerprint density at radius 3 is 2.40 bits per heavy atom. The summed E-state index contributed by atoms with van der Waals surface area (Å²) in [6.07, 6.45) is 0. The number of benzene rings is 1. The fourth-order valence-corrected chi connectivity index (χ4v) is 4.49. The molecule has 1 fully saturated rings. The molecule has 0 aliphatic carbocycles. The van der Waals surface area contributed by atoms with Crippen LogP contribution < -0.4 is 4.90 Å². The molecule has 2 aromatic rings. The largest absolute Gasteiger partial charge is 0.345 e. The number of rotatable bonds is 5. The van der Waals surface area contributed by atoms with E-state index >= 15 is 0 Å². The SMILES string of the molecule is CC(C)C(=O)N1CCN(Cc2nc3c(n2Cc2ccccc2)CN(C)CN3C)CC1. The smallest absolute Gasteiger partial charge is 0.225 e. The predicted octanol–water partition coefficient (Wildman–Crippen LogP) is 2.07. The lowest BCUT2D eigenvalue weighted by molar-refractivity contribution is -0.136. The van der Waals surface area contributed by atoms with Crippen LogP contribution in [-0.2, 0) is 24.4 Å². The van der Waals surface area contributed by atoms with Crippen LogP contribution in [0.15, 0.2) is 30.3 Å². The van der Waals surface area contributed by atoms with Gasteiger partial charge in [-0.3, -0.25) is 14.6 Å². The highest BCUT2D eigenvalue weighted by atomic mass is 16.2. The van der Waals surface area contributed by atoms with E-state index in [2.05, 4.69) is 63.7 Å². The van der Waals surface area contributed by atoms with Gasteiger partial charge in [0.05, 0.1) is 18.9 Å². The highest BCUT2D eigenvalue weighted by Gasteiger charge is 2.28. The van der Waals surface area contributed by atoms with Crippen LogP contribution >= 0.6 is 0 Å². The van der Waals surface area contributed by atoms with Gasteiger partial charge in [-0.25, -0.2) is 4.98 Å². The number of carbonyl (C=O) groups excluding carboxylic acids is 1. The van der Waals surface area contributed by atoms with Crippen molar-refractivity contribution in [1.29, 1.82) is 0 Å². The molecule has 0 bridgehead atoms. The summed E-state index contributed by atoms with van der Waals surface area (Å²) in [7, 11) is 4.28. The molecule has 2 aliphatic rings. The third kappa shape index (κ3) is 4.37. The van der Waals surface area contributed by atoms with Crippen molar-refractivity contribution in [3.63, 3.8) is 0 Å². The molecule has 7 heteroatoms. The van der Waals surface area contributed by atoms with Crippen LogP contribution in [0, 0.1) is 5.92 Å². The quantitative estimate of drug-likeness (QED) is 0.755. The lowest BCUT2D eigenvalue weighted by atomic mass is 10.1. The highest BCUT2D eigenvalue weighted by molar-refractivity contribution is 5.78. The van der Waals surface area contributed by atoms with Crippen molar-refractivity contribution in [3.05, 3.63) is 47.4 Å². The minimum absolute atomic E-state index is 0.0700. The van der Waals surface area contributed by atoms with Gasteiger partial charge < -0.3 is 14.4 Å². The number of fused-ring (bicyclic) bond motifs is 1. The first-order valence-corrected chi connectivity index (χ1v) is 11.0. The fourth-order valence-electron chi connectivity index (χ4n) is 4.49. The van der Waals surface area contributed by atoms with Gasteiger partial charge in [0.15, 0.2) is 5.82 Å². The molecule has 0 N–H and O–H groups in total. The van der Waals surface area contributed by atoms with E-state index in [1.54, 1.807) is 0 Å². The Balaban J connectivity index is 1.54. The third-order valence-electron chi connectivity index (χ3n) is 6.09. The molecule has 0 radical (unpaired) electrons. The number of carbonyl (C=O) groups is 1. The van der Waals surface area contributed by atoms with Crippen molar-refractivity contribution in [2.24, 2.45) is 5.92 Å². The second-order valence-electron chi connectivity index (χ2n) is 8.98. The van der Waals surface area contributed by atoms with Crippen LogP contribution in [0.5, 0.6) is 0 Å². The van der Waals surface area contributed by atoms with Gasteiger partial charge in [0.25, 0.3) is 0 Å². The molecule has 4 rings (SSSR count). The lowest BCUT2D eigenvalue weighted by Crippen LogP contribution is -2.49. The van der Waals surface area contributed by atoms with Crippen molar-refractivity contribution >= 4 is 11.7 Å². The van der Waals surface area contributed by atoms with Crippen LogP contribution in [0.1, 0.15) is 30.9 Å². The standard InChI is InChI=1S/C23H34N6O/c1-18(2)23(30)28-12-10-27(11-13-28)16-21-24-22-20(15-25(3)17-26(22)4)29(21)14-19-8-6-5-7-9-19/h5-9,18H,10-17H2,1-4H3. The number of anilines is 1. The van der Waals surface area contributed by atoms with Crippen LogP contribution in [0.3, 0.4) is 0 Å². The zero-order chi connectivity index (χ0) is 21.3. The molecule has 0 unspecified atom stereocenters. The molecule has 0 saturated carbocycles. The fraction of sp³-hybridized carbons (Fsp3) is 0.565. The van der Waals surface area contributed by atoms with Gasteiger partial charge in [-0.1, -0.05) is 44.2 Å². The molecule has 1 amide bonds. The zero-order valence-electron chi connectivity index (χ0n) is 18.7. The minimum atomic E-state index is 0.0700. The predicted molar refractivity (Wildman–Crippen MR) is 119 cm³/mol. The van der Waals surface area contributed by atoms with Gasteiger partial charge in [-0.05, 0) is 12.6 Å². The monoisotopic (exact) mass is 410 g/mol. The number of nitrogens with zero attached hydrogens (tertiary/aromatic N) is 6. The molecule has 0 atom stereocenters. The summed E-state index contributed by atoms with van der Waals surface area (Å²) in [6.45, 7) is 10.8. The Labute approximate surface area is 179 Å². The first-order valence-electron chi connectivity index (χ1n) is 11.0. The summed E-state index contributed by atoms with van der Waals surface area (Å²) in [5, 5.41) is 0. The number of hydrogen-bond acceptors (Lipinski definition) is 5. The van der Waals surface area contributed by atoms with Crippen LogP contribution in [0.25, 0.3) is 0 Å². The number of imidazole rings is 1. The van der Waals surface area contributed by atoms with Gasteiger partial charge in [0, 0.05) is 52.2 Å². The number of amides is 1. The third-order valence-corrected chi connectivity index (χ3v) is 6.09. The summed E-state index contributed by atoms with van der Waals surface area (Å²) >= 11 is 0. The molecule has 1 aromatic heterocycles. The lowest BCUT2D eigenvalue weighted by Gasteiger charge is -2.35. The summed E-state index contributed by atoms with van der Waals surface area (Å²) in [4.78, 5) is 26.4. The van der Waals surface area contributed by atoms with Crippen molar-refractivity contribution in [1.82, 2.24) is 24.3 Å². The summed E-state index contributed by atoms with van der Waals surface area (Å²) < 4.78 is 2.41. The van der Waals surface area contributed by atoms with E-state index in [9.17, 15) is 4.79 Å². The van der Waals surface area contributed by atoms with Crippen molar-refractivity contribution in [3.8, 4) is 0 Å². The highest BCUT2D eigenvalue weighted by Crippen LogP contribution is 2.28. The normalized spacial score (nSPS) is 18.2. The van der Waals surface area contributed by atoms with E-state index < -0.39 is 0 Å². The van der Waals surface area contributed by atoms with E-state index in [0.717, 1.165) is 64.1 Å². The van der Waals surface area contributed by atoms with Gasteiger partial charge in [-0.2, -0.15) is 0 Å². The van der Waals surface area contributed by atoms with Gasteiger partial charge >= 0.3 is 0 Å². The van der Waals surface area contributed by atoms with Crippen molar-refractivity contribution < 1.29 is 4.79 Å². The van der Waals surface area contributed by atoms with E-state index in [4.69, 9.17) is 4.98 Å². The summed E-state index contributed by atoms with van der Waals surface area (Å²) in [5.74, 6) is 2.56. The number of hydrogen-bond donors (Lipinski definition) is 0. The van der Waals surface area contributed by atoms with E-state index in [1.165, 1.54) is 11.3 Å². The average Bonchev–Trinajstić information content (AvgIpc) is 3.06. The Morgan fingerprint density at radius 2 is 1.73 bits per heavy atom. The van der Waals surface area contributed by atoms with Crippen LogP contribution in [-0.4, -0.2) is 77.1 Å². The van der Waals surface area contributed by atoms with Gasteiger partial charge in [-0.15, -0.1) is 0 Å². The molecule has 2 aliphatic heterocycles. The Bertz CT molecular complexity index is 869. The summed E-state index contributed by atoms with van der Waals surface area (Å²) in [5.41, 5.74) is 2.58. The Morgan fingerprint density at radius 1 is 1.03 bits per heavy atom. The van der Waals surface area contributed by atoms with Gasteiger partial charge in [0.1, 0.15) is 5.82 Å². The Hall–Kier alpha value is -2.38. The zero-order valence-corrected chi connectivity index (χ0v) is 18.7. The number of aromatic nitrogens is 2. The second kappa shape index (κ2) is 8.78. The molecule has 162 valence electrons. The van der Waals surface area contributed by atoms with Crippen LogP contribution in [0.4, 0.5) is 5.82 Å². The molecular formula is C23H34N6O. The molecular weight excluding hydrogens is 376 g/mol. The van der Waals surface area contributed by atoms with E-state index in [1.807, 2.05) is 18.7 Å². The van der Waals surface area contributed by atoms with Crippen molar-refractivity contribution in [2.45, 2.75) is 33.5 Å². The minimum Gasteiger partial charge on any atom is -0.345 e. The molecule has 1 saturated heterocycles. The molecule has 7 nitrogen and oxygen atoms in total. The van der Waals surface area contributed by atoms with Gasteiger partial charge in [0.2, 0.25) is 5.91 Å². The first-order chi connectivity index (χ1) is 14.4. The van der Waals surface area contributed by atoms with Crippen molar-refractivity contribution in [2.75, 3.05) is 51.8 Å². The van der Waals surface area contributed by atoms with E-state index in [-0.39, 0.29) is 11.8 Å². The maximum Gasteiger partial charge on any atom is 0.225 e. The molecule has 30 heavy (non-hydrogen) atoms. The second-order valence-corrected chi connectivity index (χ2v) is 8.98. The maximum absolute atomic E-state index is 12.3. The van der Waals surface area contributed by atoms with E-state index in [0.29, 0.717) is 0 Å². The number of piperazine rings is 1. The summed E-state index contributed by atoms with van der Waals surface area (Å²) in [6, 6.07) is 10.6. The Kier molecular flexibility index (Phi) is 6.11. The first kappa shape index (κ1) is 20.9. The topological polar surface area (TPSA) is 47.9 Å². The molecule has 3 heterocycles. The average molecular weight is 411 g/mol. The maximum atomic E-state index is 12.3. The molecule has 1 aromatic carbocycles. The van der Waals surface area contributed by atoms with Crippen LogP contribution in [0.2, 0.25) is 0 Å².